The first-order chi connectivity index (χ1) is 15.3. The smallest absolute Gasteiger partial charge is 0.336 e. The third-order valence-corrected chi connectivity index (χ3v) is 5.11. The summed E-state index contributed by atoms with van der Waals surface area (Å²) in [6.45, 7) is 3.75. The van der Waals surface area contributed by atoms with Gasteiger partial charge < -0.3 is 20.3 Å². The van der Waals surface area contributed by atoms with E-state index >= 15 is 0 Å². The molecule has 0 fully saturated rings. The van der Waals surface area contributed by atoms with Crippen LogP contribution >= 0.6 is 0 Å². The normalized spacial score (nSPS) is 11.8. The van der Waals surface area contributed by atoms with Crippen molar-refractivity contribution in [3.05, 3.63) is 65.4 Å². The number of rotatable bonds is 9. The summed E-state index contributed by atoms with van der Waals surface area (Å²) in [5, 5.41) is 9.43. The number of aromatic carboxylic acids is 1. The second-order valence-electron chi connectivity index (χ2n) is 7.38. The number of hydrogen-bond donors (Lipinski definition) is 2. The van der Waals surface area contributed by atoms with Gasteiger partial charge in [-0.05, 0) is 50.1 Å². The van der Waals surface area contributed by atoms with Crippen LogP contribution in [0.4, 0.5) is 10.2 Å². The molecule has 0 unspecified atom stereocenters. The molecule has 32 heavy (non-hydrogen) atoms. The van der Waals surface area contributed by atoms with E-state index in [-0.39, 0.29) is 22.7 Å². The molecule has 0 radical (unpaired) electrons. The van der Waals surface area contributed by atoms with Gasteiger partial charge in [0.25, 0.3) is 0 Å². The van der Waals surface area contributed by atoms with Crippen LogP contribution in [0.5, 0.6) is 11.5 Å². The Morgan fingerprint density at radius 1 is 1.19 bits per heavy atom. The van der Waals surface area contributed by atoms with Crippen LogP contribution in [-0.4, -0.2) is 28.2 Å². The third-order valence-electron chi connectivity index (χ3n) is 5.11. The molecule has 0 saturated carbocycles. The van der Waals surface area contributed by atoms with E-state index in [4.69, 9.17) is 15.2 Å². The van der Waals surface area contributed by atoms with E-state index in [0.717, 1.165) is 42.7 Å². The highest BCUT2D eigenvalue weighted by Gasteiger charge is 2.20. The van der Waals surface area contributed by atoms with Gasteiger partial charge in [-0.2, -0.15) is 0 Å². The molecule has 2 aromatic heterocycles. The standard InChI is InChI=1S/C24H26FN3O4/c1-4-5-6-17-11-20(22(31-3)13-27-17)15-9-21(23(26)28-12-15)32-14(2)19-10-16(25)7-8-18(19)24(29)30/h7-14H,4-6H2,1-3H3,(H2,26,28)(H,29,30)/t14-/m1/s1. The quantitative estimate of drug-likeness (QED) is 0.480. The second-order valence-corrected chi connectivity index (χ2v) is 7.38. The first kappa shape index (κ1) is 23.0. The molecule has 0 aliphatic rings. The number of aromatic nitrogens is 2. The van der Waals surface area contributed by atoms with Crippen molar-refractivity contribution in [2.75, 3.05) is 12.8 Å². The summed E-state index contributed by atoms with van der Waals surface area (Å²) >= 11 is 0. The van der Waals surface area contributed by atoms with Crippen LogP contribution in [0, 0.1) is 5.82 Å². The monoisotopic (exact) mass is 439 g/mol. The predicted octanol–water partition coefficient (Wildman–Crippen LogP) is 5.05. The Bertz CT molecular complexity index is 1120. The van der Waals surface area contributed by atoms with Gasteiger partial charge in [-0.15, -0.1) is 0 Å². The molecule has 0 aliphatic carbocycles. The van der Waals surface area contributed by atoms with Crippen molar-refractivity contribution in [3.63, 3.8) is 0 Å². The van der Waals surface area contributed by atoms with Gasteiger partial charge in [-0.3, -0.25) is 4.98 Å². The molecule has 1 atom stereocenters. The summed E-state index contributed by atoms with van der Waals surface area (Å²) in [5.74, 6) is -0.760. The van der Waals surface area contributed by atoms with E-state index in [1.54, 1.807) is 32.5 Å². The zero-order chi connectivity index (χ0) is 23.3. The molecular weight excluding hydrogens is 413 g/mol. The van der Waals surface area contributed by atoms with Crippen LogP contribution in [0.1, 0.15) is 54.4 Å². The lowest BCUT2D eigenvalue weighted by atomic mass is 10.0. The number of hydrogen-bond acceptors (Lipinski definition) is 6. The molecule has 0 aliphatic heterocycles. The Labute approximate surface area is 186 Å². The van der Waals surface area contributed by atoms with Crippen LogP contribution < -0.4 is 15.2 Å². The third kappa shape index (κ3) is 5.14. The number of carboxylic acid groups (broad SMARTS) is 1. The van der Waals surface area contributed by atoms with Gasteiger partial charge in [0, 0.05) is 28.6 Å². The Hall–Kier alpha value is -3.68. The van der Waals surface area contributed by atoms with Crippen LogP contribution in [0.15, 0.2) is 42.7 Å². The molecule has 0 amide bonds. The predicted molar refractivity (Wildman–Crippen MR) is 119 cm³/mol. The fourth-order valence-electron chi connectivity index (χ4n) is 3.38. The number of carbonyl (C=O) groups is 1. The largest absolute Gasteiger partial charge is 0.494 e. The minimum atomic E-state index is -1.17. The van der Waals surface area contributed by atoms with Crippen molar-refractivity contribution in [1.82, 2.24) is 9.97 Å². The van der Waals surface area contributed by atoms with Crippen LogP contribution in [-0.2, 0) is 6.42 Å². The molecule has 0 saturated heterocycles. The number of methoxy groups -OCH3 is 1. The van der Waals surface area contributed by atoms with Crippen LogP contribution in [0.3, 0.4) is 0 Å². The summed E-state index contributed by atoms with van der Waals surface area (Å²) in [6, 6.07) is 7.12. The minimum Gasteiger partial charge on any atom is -0.494 e. The van der Waals surface area contributed by atoms with Gasteiger partial charge in [-0.1, -0.05) is 13.3 Å². The zero-order valence-electron chi connectivity index (χ0n) is 18.3. The molecule has 7 nitrogen and oxygen atoms in total. The maximum absolute atomic E-state index is 13.8. The molecule has 3 N–H and O–H groups in total. The molecule has 8 heteroatoms. The average Bonchev–Trinajstić information content (AvgIpc) is 2.78. The first-order valence-electron chi connectivity index (χ1n) is 10.3. The number of ether oxygens (including phenoxy) is 2. The number of benzene rings is 1. The highest BCUT2D eigenvalue weighted by atomic mass is 19.1. The SMILES string of the molecule is CCCCc1cc(-c2cnc(N)c(O[C@H](C)c3cc(F)ccc3C(=O)O)c2)c(OC)cn1. The Morgan fingerprint density at radius 3 is 2.66 bits per heavy atom. The molecule has 0 bridgehead atoms. The zero-order valence-corrected chi connectivity index (χ0v) is 18.3. The van der Waals surface area contributed by atoms with E-state index in [1.165, 1.54) is 6.07 Å². The number of aryl methyl sites for hydroxylation is 1. The van der Waals surface area contributed by atoms with Crippen LogP contribution in [0.2, 0.25) is 0 Å². The van der Waals surface area contributed by atoms with Crippen molar-refractivity contribution in [2.24, 2.45) is 0 Å². The number of nitrogens with zero attached hydrogens (tertiary/aromatic N) is 2. The lowest BCUT2D eigenvalue weighted by Crippen LogP contribution is -2.12. The number of anilines is 1. The van der Waals surface area contributed by atoms with Gasteiger partial charge in [0.15, 0.2) is 11.6 Å². The van der Waals surface area contributed by atoms with Gasteiger partial charge in [0.2, 0.25) is 0 Å². The van der Waals surface area contributed by atoms with Gasteiger partial charge >= 0.3 is 5.97 Å². The molecule has 168 valence electrons. The van der Waals surface area contributed by atoms with Gasteiger partial charge in [-0.25, -0.2) is 14.2 Å². The fourth-order valence-corrected chi connectivity index (χ4v) is 3.38. The summed E-state index contributed by atoms with van der Waals surface area (Å²) in [5.41, 5.74) is 8.60. The Kier molecular flexibility index (Phi) is 7.25. The molecule has 1 aromatic carbocycles. The maximum Gasteiger partial charge on any atom is 0.336 e. The number of nitrogen functional groups attached to an aromatic ring is 1. The highest BCUT2D eigenvalue weighted by Crippen LogP contribution is 2.35. The fraction of sp³-hybridized carbons (Fsp3) is 0.292. The van der Waals surface area contributed by atoms with Gasteiger partial charge in [0.05, 0.1) is 18.9 Å². The minimum absolute atomic E-state index is 0.0436. The number of carboxylic acids is 1. The summed E-state index contributed by atoms with van der Waals surface area (Å²) in [4.78, 5) is 20.2. The first-order valence-corrected chi connectivity index (χ1v) is 10.3. The lowest BCUT2D eigenvalue weighted by molar-refractivity contribution is 0.0691. The van der Waals surface area contributed by atoms with E-state index < -0.39 is 17.9 Å². The summed E-state index contributed by atoms with van der Waals surface area (Å²) in [7, 11) is 1.56. The molecule has 3 aromatic rings. The van der Waals surface area contributed by atoms with Crippen molar-refractivity contribution < 1.29 is 23.8 Å². The molecule has 2 heterocycles. The van der Waals surface area contributed by atoms with Gasteiger partial charge in [0.1, 0.15) is 17.7 Å². The van der Waals surface area contributed by atoms with E-state index in [2.05, 4.69) is 16.9 Å². The average molecular weight is 439 g/mol. The highest BCUT2D eigenvalue weighted by molar-refractivity contribution is 5.89. The van der Waals surface area contributed by atoms with E-state index in [1.807, 2.05) is 6.07 Å². The summed E-state index contributed by atoms with van der Waals surface area (Å²) < 4.78 is 25.2. The van der Waals surface area contributed by atoms with E-state index in [0.29, 0.717) is 11.3 Å². The Balaban J connectivity index is 1.97. The number of unbranched alkanes of at least 4 members (excludes halogenated alkanes) is 1. The lowest BCUT2D eigenvalue weighted by Gasteiger charge is -2.19. The second kappa shape index (κ2) is 10.1. The van der Waals surface area contributed by atoms with Crippen molar-refractivity contribution >= 4 is 11.8 Å². The molecule has 3 rings (SSSR count). The Morgan fingerprint density at radius 2 is 1.97 bits per heavy atom. The number of nitrogens with two attached hydrogens (primary N) is 1. The number of halogens is 1. The van der Waals surface area contributed by atoms with Crippen molar-refractivity contribution in [3.8, 4) is 22.6 Å². The summed E-state index contributed by atoms with van der Waals surface area (Å²) in [6.07, 6.45) is 5.42. The number of pyridine rings is 2. The topological polar surface area (TPSA) is 108 Å². The molecule has 0 spiro atoms. The van der Waals surface area contributed by atoms with E-state index in [9.17, 15) is 14.3 Å². The van der Waals surface area contributed by atoms with Crippen molar-refractivity contribution in [2.45, 2.75) is 39.2 Å². The molecular formula is C24H26FN3O4. The van der Waals surface area contributed by atoms with Crippen LogP contribution in [0.25, 0.3) is 11.1 Å². The van der Waals surface area contributed by atoms with Crippen molar-refractivity contribution in [1.29, 1.82) is 0 Å². The maximum atomic E-state index is 13.8.